The SMILES string of the molecule is OC(c1ccc2ccccc2c1)C1CCCCS1. The van der Waals surface area contributed by atoms with Gasteiger partial charge in [0.15, 0.2) is 0 Å². The molecule has 2 unspecified atom stereocenters. The third-order valence-electron chi connectivity index (χ3n) is 3.68. The molecule has 1 saturated heterocycles. The van der Waals surface area contributed by atoms with Crippen molar-refractivity contribution in [1.29, 1.82) is 0 Å². The Morgan fingerprint density at radius 3 is 2.67 bits per heavy atom. The molecule has 0 saturated carbocycles. The van der Waals surface area contributed by atoms with Crippen LogP contribution in [0.3, 0.4) is 0 Å². The summed E-state index contributed by atoms with van der Waals surface area (Å²) in [5.41, 5.74) is 1.06. The Kier molecular flexibility index (Phi) is 3.57. The van der Waals surface area contributed by atoms with E-state index in [1.807, 2.05) is 17.8 Å². The fourth-order valence-corrected chi connectivity index (χ4v) is 3.97. The van der Waals surface area contributed by atoms with Gasteiger partial charge in [-0.25, -0.2) is 0 Å². The van der Waals surface area contributed by atoms with Crippen molar-refractivity contribution >= 4 is 22.5 Å². The summed E-state index contributed by atoms with van der Waals surface area (Å²) in [6, 6.07) is 14.6. The second-order valence-corrected chi connectivity index (χ2v) is 6.30. The van der Waals surface area contributed by atoms with Crippen molar-refractivity contribution in [3.63, 3.8) is 0 Å². The van der Waals surface area contributed by atoms with Crippen LogP contribution in [0.5, 0.6) is 0 Å². The Hall–Kier alpha value is -0.990. The molecule has 1 aliphatic rings. The van der Waals surface area contributed by atoms with E-state index < -0.39 is 0 Å². The van der Waals surface area contributed by atoms with Crippen LogP contribution in [0.2, 0.25) is 0 Å². The maximum absolute atomic E-state index is 10.5. The summed E-state index contributed by atoms with van der Waals surface area (Å²) >= 11 is 1.92. The highest BCUT2D eigenvalue weighted by atomic mass is 32.2. The third kappa shape index (κ3) is 2.40. The fraction of sp³-hybridized carbons (Fsp3) is 0.375. The number of thioether (sulfide) groups is 1. The first-order valence-corrected chi connectivity index (χ1v) is 7.68. The molecule has 2 aromatic carbocycles. The molecule has 2 heteroatoms. The molecule has 1 aliphatic heterocycles. The Bertz CT molecular complexity index is 531. The van der Waals surface area contributed by atoms with Crippen molar-refractivity contribution < 1.29 is 5.11 Å². The minimum atomic E-state index is -0.320. The van der Waals surface area contributed by atoms with E-state index in [0.29, 0.717) is 5.25 Å². The molecule has 94 valence electrons. The minimum absolute atomic E-state index is 0.320. The molecule has 2 aromatic rings. The number of aliphatic hydroxyl groups excluding tert-OH is 1. The van der Waals surface area contributed by atoms with Crippen LogP contribution >= 0.6 is 11.8 Å². The standard InChI is InChI=1S/C16H18OS/c17-16(15-7-3-4-10-18-15)14-9-8-12-5-1-2-6-13(12)11-14/h1-2,5-6,8-9,11,15-17H,3-4,7,10H2. The molecule has 0 amide bonds. The molecule has 0 aliphatic carbocycles. The minimum Gasteiger partial charge on any atom is -0.387 e. The topological polar surface area (TPSA) is 20.2 Å². The van der Waals surface area contributed by atoms with Crippen LogP contribution in [0.1, 0.15) is 30.9 Å². The van der Waals surface area contributed by atoms with Crippen molar-refractivity contribution in [2.45, 2.75) is 30.6 Å². The lowest BCUT2D eigenvalue weighted by Crippen LogP contribution is -2.18. The quantitative estimate of drug-likeness (QED) is 0.873. The summed E-state index contributed by atoms with van der Waals surface area (Å²) in [4.78, 5) is 0. The monoisotopic (exact) mass is 258 g/mol. The van der Waals surface area contributed by atoms with E-state index in [1.165, 1.54) is 29.4 Å². The Balaban J connectivity index is 1.88. The molecular formula is C16H18OS. The van der Waals surface area contributed by atoms with Crippen LogP contribution in [-0.4, -0.2) is 16.1 Å². The summed E-state index contributed by atoms with van der Waals surface area (Å²) in [5.74, 6) is 1.19. The van der Waals surface area contributed by atoms with Gasteiger partial charge < -0.3 is 5.11 Å². The van der Waals surface area contributed by atoms with Crippen LogP contribution in [0, 0.1) is 0 Å². The first-order valence-electron chi connectivity index (χ1n) is 6.63. The predicted molar refractivity (Wildman–Crippen MR) is 79.0 cm³/mol. The largest absolute Gasteiger partial charge is 0.387 e. The molecule has 0 spiro atoms. The van der Waals surface area contributed by atoms with Crippen LogP contribution in [-0.2, 0) is 0 Å². The average molecular weight is 258 g/mol. The number of hydrogen-bond acceptors (Lipinski definition) is 2. The van der Waals surface area contributed by atoms with Gasteiger partial charge >= 0.3 is 0 Å². The van der Waals surface area contributed by atoms with Crippen LogP contribution in [0.15, 0.2) is 42.5 Å². The summed E-state index contributed by atoms with van der Waals surface area (Å²) in [6.07, 6.45) is 3.37. The molecule has 18 heavy (non-hydrogen) atoms. The van der Waals surface area contributed by atoms with Crippen LogP contribution < -0.4 is 0 Å². The molecular weight excluding hydrogens is 240 g/mol. The average Bonchev–Trinajstić information content (AvgIpc) is 2.47. The molecule has 3 rings (SSSR count). The maximum atomic E-state index is 10.5. The molecule has 1 N–H and O–H groups in total. The zero-order valence-electron chi connectivity index (χ0n) is 10.4. The lowest BCUT2D eigenvalue weighted by molar-refractivity contribution is 0.169. The fourth-order valence-electron chi connectivity index (χ4n) is 2.62. The highest BCUT2D eigenvalue weighted by Crippen LogP contribution is 2.35. The number of fused-ring (bicyclic) bond motifs is 1. The highest BCUT2D eigenvalue weighted by Gasteiger charge is 2.23. The van der Waals surface area contributed by atoms with Crippen LogP contribution in [0.25, 0.3) is 10.8 Å². The van der Waals surface area contributed by atoms with Gasteiger partial charge in [-0.3, -0.25) is 0 Å². The molecule has 1 nitrogen and oxygen atoms in total. The van der Waals surface area contributed by atoms with E-state index in [1.54, 1.807) is 0 Å². The van der Waals surface area contributed by atoms with Crippen molar-refractivity contribution in [2.75, 3.05) is 5.75 Å². The van der Waals surface area contributed by atoms with E-state index in [-0.39, 0.29) is 6.10 Å². The van der Waals surface area contributed by atoms with E-state index in [2.05, 4.69) is 36.4 Å². The predicted octanol–water partition coefficient (Wildman–Crippen LogP) is 4.16. The normalized spacial score (nSPS) is 21.9. The molecule has 0 radical (unpaired) electrons. The Labute approximate surface area is 112 Å². The summed E-state index contributed by atoms with van der Waals surface area (Å²) < 4.78 is 0. The van der Waals surface area contributed by atoms with Gasteiger partial charge in [-0.2, -0.15) is 11.8 Å². The van der Waals surface area contributed by atoms with Crippen molar-refractivity contribution in [3.8, 4) is 0 Å². The van der Waals surface area contributed by atoms with Crippen molar-refractivity contribution in [1.82, 2.24) is 0 Å². The molecule has 1 fully saturated rings. The Morgan fingerprint density at radius 2 is 1.89 bits per heavy atom. The van der Waals surface area contributed by atoms with E-state index in [0.717, 1.165) is 12.0 Å². The second-order valence-electron chi connectivity index (χ2n) is 4.96. The number of aliphatic hydroxyl groups is 1. The third-order valence-corrected chi connectivity index (χ3v) is 5.13. The van der Waals surface area contributed by atoms with Crippen molar-refractivity contribution in [3.05, 3.63) is 48.0 Å². The first kappa shape index (κ1) is 12.1. The van der Waals surface area contributed by atoms with E-state index in [9.17, 15) is 5.11 Å². The van der Waals surface area contributed by atoms with E-state index >= 15 is 0 Å². The molecule has 0 aromatic heterocycles. The summed E-state index contributed by atoms with van der Waals surface area (Å²) in [5, 5.41) is 13.3. The van der Waals surface area contributed by atoms with Gasteiger partial charge in [-0.05, 0) is 41.0 Å². The van der Waals surface area contributed by atoms with Crippen LogP contribution in [0.4, 0.5) is 0 Å². The highest BCUT2D eigenvalue weighted by molar-refractivity contribution is 7.99. The molecule has 2 atom stereocenters. The van der Waals surface area contributed by atoms with Gasteiger partial charge in [0.25, 0.3) is 0 Å². The summed E-state index contributed by atoms with van der Waals surface area (Å²) in [6.45, 7) is 0. The van der Waals surface area contributed by atoms with Gasteiger partial charge in [0, 0.05) is 5.25 Å². The number of hydrogen-bond donors (Lipinski definition) is 1. The lowest BCUT2D eigenvalue weighted by Gasteiger charge is -2.26. The molecule has 1 heterocycles. The van der Waals surface area contributed by atoms with Gasteiger partial charge in [-0.1, -0.05) is 42.8 Å². The first-order chi connectivity index (χ1) is 8.84. The van der Waals surface area contributed by atoms with Gasteiger partial charge in [0.05, 0.1) is 6.10 Å². The summed E-state index contributed by atoms with van der Waals surface area (Å²) in [7, 11) is 0. The zero-order valence-corrected chi connectivity index (χ0v) is 11.2. The maximum Gasteiger partial charge on any atom is 0.0908 e. The van der Waals surface area contributed by atoms with Gasteiger partial charge in [-0.15, -0.1) is 0 Å². The zero-order chi connectivity index (χ0) is 12.4. The number of benzene rings is 2. The number of rotatable bonds is 2. The Morgan fingerprint density at radius 1 is 1.06 bits per heavy atom. The smallest absolute Gasteiger partial charge is 0.0908 e. The van der Waals surface area contributed by atoms with Gasteiger partial charge in [0.2, 0.25) is 0 Å². The lowest BCUT2D eigenvalue weighted by atomic mass is 9.99. The van der Waals surface area contributed by atoms with Gasteiger partial charge in [0.1, 0.15) is 0 Å². The van der Waals surface area contributed by atoms with E-state index in [4.69, 9.17) is 0 Å². The second kappa shape index (κ2) is 5.33. The molecule has 0 bridgehead atoms. The van der Waals surface area contributed by atoms with Crippen molar-refractivity contribution in [2.24, 2.45) is 0 Å².